The number of ketones is 1. The van der Waals surface area contributed by atoms with E-state index in [0.29, 0.717) is 23.3 Å². The van der Waals surface area contributed by atoms with E-state index in [1.165, 1.54) is 66.9 Å². The van der Waals surface area contributed by atoms with Crippen LogP contribution in [0.5, 0.6) is 0 Å². The van der Waals surface area contributed by atoms with Gasteiger partial charge < -0.3 is 53.2 Å². The van der Waals surface area contributed by atoms with Gasteiger partial charge in [0.1, 0.15) is 46.2 Å². The first-order valence-electron chi connectivity index (χ1n) is 26.3. The summed E-state index contributed by atoms with van der Waals surface area (Å²) in [5.41, 5.74) is -7.48. The highest BCUT2D eigenvalue weighted by molar-refractivity contribution is 8.76. The number of alkyl carbamates (subject to hydrolysis) is 1. The maximum Gasteiger partial charge on any atom is 0.410 e. The van der Waals surface area contributed by atoms with Crippen LogP contribution in [-0.4, -0.2) is 144 Å². The topological polar surface area (TPSA) is 225 Å². The number of hydrogen-bond acceptors (Lipinski definition) is 18. The molecule has 1 aromatic heterocycles. The van der Waals surface area contributed by atoms with Crippen LogP contribution < -0.4 is 5.32 Å². The van der Waals surface area contributed by atoms with E-state index >= 15 is 9.59 Å². The largest absolute Gasteiger partial charge is 0.456 e. The van der Waals surface area contributed by atoms with Gasteiger partial charge in [-0.1, -0.05) is 92.6 Å². The summed E-state index contributed by atoms with van der Waals surface area (Å²) in [6, 6.07) is 20.7. The molecule has 78 heavy (non-hydrogen) atoms. The molecule has 20 heteroatoms. The van der Waals surface area contributed by atoms with Gasteiger partial charge in [-0.2, -0.15) is 0 Å². The number of aliphatic hydroxyl groups is 1. The Morgan fingerprint density at radius 2 is 1.51 bits per heavy atom. The Bertz CT molecular complexity index is 2620. The van der Waals surface area contributed by atoms with Gasteiger partial charge in [-0.3, -0.25) is 9.59 Å². The SMILES string of the molecule is CCCCN(CCSSc1ccccn1)C(=O)OC(C(=O)OC1C[C@@]2(O)[C@@H](OC(=O)c3ccccc3)[C@@H]3[C@@](C)(OC(C)=O)[C@H](OC)C[C@H](OC)[C@@]3(C)C(=O)[C@H](OC)C(=C1C)C2(C)C)[C@@H](NC(=O)OC(C)(C)C)c1ccccc1. The number of benzene rings is 2. The highest BCUT2D eigenvalue weighted by atomic mass is 33.1. The van der Waals surface area contributed by atoms with Gasteiger partial charge in [0.25, 0.3) is 0 Å². The molecule has 426 valence electrons. The first-order chi connectivity index (χ1) is 36.8. The second kappa shape index (κ2) is 25.7. The number of nitrogens with zero attached hydrogens (tertiary/aromatic N) is 2. The number of hydrogen-bond donors (Lipinski definition) is 2. The minimum Gasteiger partial charge on any atom is -0.456 e. The second-order valence-electron chi connectivity index (χ2n) is 21.9. The lowest BCUT2D eigenvalue weighted by Crippen LogP contribution is -2.77. The van der Waals surface area contributed by atoms with Crippen molar-refractivity contribution in [3.63, 3.8) is 0 Å². The Morgan fingerprint density at radius 3 is 2.09 bits per heavy atom. The van der Waals surface area contributed by atoms with E-state index in [1.54, 1.807) is 110 Å². The Morgan fingerprint density at radius 1 is 0.872 bits per heavy atom. The predicted molar refractivity (Wildman–Crippen MR) is 293 cm³/mol. The van der Waals surface area contributed by atoms with E-state index < -0.39 is 119 Å². The Labute approximate surface area is 466 Å². The number of ether oxygens (including phenoxy) is 8. The summed E-state index contributed by atoms with van der Waals surface area (Å²) in [4.78, 5) is 94.1. The van der Waals surface area contributed by atoms with E-state index in [4.69, 9.17) is 37.9 Å². The molecular weight excluding hydrogens is 1040 g/mol. The third-order valence-electron chi connectivity index (χ3n) is 15.5. The molecule has 0 aliphatic heterocycles. The lowest BCUT2D eigenvalue weighted by atomic mass is 9.45. The fourth-order valence-electron chi connectivity index (χ4n) is 11.6. The smallest absolute Gasteiger partial charge is 0.410 e. The first-order valence-corrected chi connectivity index (χ1v) is 28.6. The standard InChI is InChI=1S/C58H77N3O15S2/c1-14-15-30-61(31-32-77-78-42-28-22-23-29-59-42)53(67)73-46(44(37-24-18-16-19-25-37)60-52(66)76-54(4,5)6)51(65)72-39-34-58(68)49(74-50(64)38-26-20-17-21-27-38)47-56(9,48(63)45(71-13)43(35(39)2)55(58,7)8)40(69-11)33-41(70-12)57(47,10)75-36(3)62/h16-29,39-41,44-47,49,68H,14-15,30-34H2,1-13H3,(H,60,66)/t39?,40-,41+,44-,45+,46?,47-,49-,56+,57-,58+/m0/s1. The monoisotopic (exact) mass is 1120 g/mol. The van der Waals surface area contributed by atoms with E-state index in [-0.39, 0.29) is 30.6 Å². The Hall–Kier alpha value is -5.51. The van der Waals surface area contributed by atoms with Crippen LogP contribution in [0.1, 0.15) is 117 Å². The molecule has 0 spiro atoms. The minimum atomic E-state index is -2.34. The molecule has 18 nitrogen and oxygen atoms in total. The summed E-state index contributed by atoms with van der Waals surface area (Å²) < 4.78 is 50.0. The van der Waals surface area contributed by atoms with Gasteiger partial charge in [0.05, 0.1) is 29.1 Å². The summed E-state index contributed by atoms with van der Waals surface area (Å²) in [7, 11) is 7.13. The van der Waals surface area contributed by atoms with Gasteiger partial charge in [0, 0.05) is 71.5 Å². The molecule has 2 fully saturated rings. The van der Waals surface area contributed by atoms with Crippen LogP contribution in [0.3, 0.4) is 0 Å². The van der Waals surface area contributed by atoms with Crippen molar-refractivity contribution < 1.29 is 71.8 Å². The molecule has 3 aromatic rings. The highest BCUT2D eigenvalue weighted by Crippen LogP contribution is 2.63. The van der Waals surface area contributed by atoms with Crippen LogP contribution in [0.2, 0.25) is 0 Å². The Kier molecular flexibility index (Phi) is 20.4. The third-order valence-corrected chi connectivity index (χ3v) is 17.7. The zero-order valence-electron chi connectivity index (χ0n) is 47.0. The molecule has 2 unspecified atom stereocenters. The number of fused-ring (bicyclic) bond motifs is 3. The second-order valence-corrected chi connectivity index (χ2v) is 24.4. The molecule has 2 amide bonds. The van der Waals surface area contributed by atoms with Crippen molar-refractivity contribution in [2.45, 2.75) is 159 Å². The van der Waals surface area contributed by atoms with Crippen LogP contribution in [0.25, 0.3) is 0 Å². The van der Waals surface area contributed by atoms with Crippen molar-refractivity contribution in [1.82, 2.24) is 15.2 Å². The number of carbonyl (C=O) groups is 6. The van der Waals surface area contributed by atoms with Crippen molar-refractivity contribution in [2.24, 2.45) is 16.7 Å². The average molecular weight is 1120 g/mol. The molecule has 1 heterocycles. The number of rotatable bonds is 20. The maximum absolute atomic E-state index is 16.0. The molecule has 11 atom stereocenters. The lowest BCUT2D eigenvalue weighted by molar-refractivity contribution is -0.284. The molecule has 6 rings (SSSR count). The van der Waals surface area contributed by atoms with Crippen molar-refractivity contribution in [3.05, 3.63) is 107 Å². The van der Waals surface area contributed by atoms with Gasteiger partial charge in [0.15, 0.2) is 5.78 Å². The van der Waals surface area contributed by atoms with E-state index in [0.717, 1.165) is 11.4 Å². The number of aromatic nitrogens is 1. The number of unbranched alkanes of at least 4 members (excludes halogenated alkanes) is 1. The van der Waals surface area contributed by atoms with Crippen LogP contribution in [0, 0.1) is 16.7 Å². The minimum absolute atomic E-state index is 0.0320. The molecular formula is C58H77N3O15S2. The molecule has 0 radical (unpaired) electrons. The number of carbonyl (C=O) groups excluding carboxylic acids is 6. The number of esters is 3. The molecule has 2 bridgehead atoms. The Balaban J connectivity index is 1.53. The van der Waals surface area contributed by atoms with Gasteiger partial charge in [-0.05, 0) is 99.7 Å². The number of amides is 2. The van der Waals surface area contributed by atoms with Gasteiger partial charge >= 0.3 is 30.1 Å². The van der Waals surface area contributed by atoms with Crippen LogP contribution in [-0.2, 0) is 52.3 Å². The fourth-order valence-corrected chi connectivity index (χ4v) is 13.5. The van der Waals surface area contributed by atoms with E-state index in [9.17, 15) is 24.3 Å². The van der Waals surface area contributed by atoms with Crippen molar-refractivity contribution in [1.29, 1.82) is 0 Å². The van der Waals surface area contributed by atoms with Crippen LogP contribution in [0.4, 0.5) is 9.59 Å². The molecule has 0 saturated heterocycles. The molecule has 3 aliphatic rings. The van der Waals surface area contributed by atoms with Gasteiger partial charge in [-0.25, -0.2) is 24.2 Å². The summed E-state index contributed by atoms with van der Waals surface area (Å²) in [5, 5.41) is 17.8. The number of Topliss-reactive ketones (excluding diaryl/α,β-unsaturated/α-hetero) is 1. The summed E-state index contributed by atoms with van der Waals surface area (Å²) in [6.45, 7) is 16.9. The summed E-state index contributed by atoms with van der Waals surface area (Å²) in [5.74, 6) is -4.32. The quantitative estimate of drug-likeness (QED) is 0.0353. The van der Waals surface area contributed by atoms with Gasteiger partial charge in [-0.15, -0.1) is 0 Å². The van der Waals surface area contributed by atoms with Crippen LogP contribution in [0.15, 0.2) is 101 Å². The summed E-state index contributed by atoms with van der Waals surface area (Å²) in [6.07, 6.45) is -7.83. The lowest BCUT2D eigenvalue weighted by Gasteiger charge is -2.65. The fraction of sp³-hybridized carbons (Fsp3) is 0.569. The molecule has 2 saturated carbocycles. The number of pyridine rings is 1. The predicted octanol–water partition coefficient (Wildman–Crippen LogP) is 9.29. The van der Waals surface area contributed by atoms with Crippen molar-refractivity contribution in [2.75, 3.05) is 40.2 Å². The zero-order chi connectivity index (χ0) is 57.4. The van der Waals surface area contributed by atoms with E-state index in [1.807, 2.05) is 25.1 Å². The third kappa shape index (κ3) is 13.1. The summed E-state index contributed by atoms with van der Waals surface area (Å²) >= 11 is 0. The van der Waals surface area contributed by atoms with E-state index in [2.05, 4.69) is 10.3 Å². The molecule has 2 aromatic carbocycles. The molecule has 3 aliphatic carbocycles. The van der Waals surface area contributed by atoms with Gasteiger partial charge in [0.2, 0.25) is 6.10 Å². The number of nitrogens with one attached hydrogen (secondary N) is 1. The maximum atomic E-state index is 16.0. The van der Waals surface area contributed by atoms with Crippen LogP contribution >= 0.6 is 21.6 Å². The normalized spacial score (nSPS) is 27.4. The van der Waals surface area contributed by atoms with Crippen molar-refractivity contribution in [3.8, 4) is 0 Å². The number of methoxy groups -OCH3 is 3. The average Bonchev–Trinajstić information content (AvgIpc) is 3.59. The van der Waals surface area contributed by atoms with Crippen molar-refractivity contribution >= 4 is 57.5 Å². The first kappa shape index (κ1) is 61.7. The highest BCUT2D eigenvalue weighted by Gasteiger charge is 2.75. The zero-order valence-corrected chi connectivity index (χ0v) is 48.7. The molecule has 2 N–H and O–H groups in total.